The smallest absolute Gasteiger partial charge is 0.160 e. The maximum absolute atomic E-state index is 10.4. The van der Waals surface area contributed by atoms with Gasteiger partial charge in [-0.05, 0) is 58.1 Å². The number of benzene rings is 7. The summed E-state index contributed by atoms with van der Waals surface area (Å²) in [4.78, 5) is 9.98. The third-order valence-electron chi connectivity index (χ3n) is 10.4. The van der Waals surface area contributed by atoms with E-state index in [-0.39, 0.29) is 0 Å². The molecule has 2 aliphatic rings. The van der Waals surface area contributed by atoms with Crippen LogP contribution in [0.3, 0.4) is 0 Å². The van der Waals surface area contributed by atoms with Gasteiger partial charge >= 0.3 is 0 Å². The summed E-state index contributed by atoms with van der Waals surface area (Å²) in [5.74, 6) is 2.35. The zero-order valence-electron chi connectivity index (χ0n) is 28.0. The van der Waals surface area contributed by atoms with E-state index in [9.17, 15) is 5.26 Å². The van der Waals surface area contributed by atoms with Gasteiger partial charge in [0.15, 0.2) is 5.82 Å². The maximum atomic E-state index is 10.4. The summed E-state index contributed by atoms with van der Waals surface area (Å²) in [7, 11) is 0. The van der Waals surface area contributed by atoms with Crippen LogP contribution in [0.1, 0.15) is 27.8 Å². The van der Waals surface area contributed by atoms with Crippen molar-refractivity contribution in [3.63, 3.8) is 0 Å². The largest absolute Gasteiger partial charge is 0.457 e. The fraction of sp³-hybridized carbons (Fsp3) is 0.0208. The van der Waals surface area contributed by atoms with E-state index in [0.29, 0.717) is 11.4 Å². The van der Waals surface area contributed by atoms with Gasteiger partial charge < -0.3 is 4.74 Å². The number of hydrogen-bond donors (Lipinski definition) is 0. The molecule has 4 heteroatoms. The summed E-state index contributed by atoms with van der Waals surface area (Å²) < 4.78 is 6.48. The highest BCUT2D eigenvalue weighted by Gasteiger charge is 2.51. The van der Waals surface area contributed by atoms with E-state index in [1.54, 1.807) is 0 Å². The molecular weight excluding hydrogens is 635 g/mol. The first kappa shape index (κ1) is 29.8. The van der Waals surface area contributed by atoms with Crippen LogP contribution in [0.2, 0.25) is 0 Å². The Hall–Kier alpha value is -7.09. The minimum atomic E-state index is -0.620. The summed E-state index contributed by atoms with van der Waals surface area (Å²) in [6, 6.07) is 62.9. The fourth-order valence-corrected chi connectivity index (χ4v) is 8.13. The van der Waals surface area contributed by atoms with Crippen LogP contribution in [0, 0.1) is 11.3 Å². The fourth-order valence-electron chi connectivity index (χ4n) is 8.13. The van der Waals surface area contributed by atoms with Crippen LogP contribution in [-0.4, -0.2) is 9.97 Å². The molecule has 0 radical (unpaired) electrons. The maximum Gasteiger partial charge on any atom is 0.160 e. The van der Waals surface area contributed by atoms with E-state index in [1.807, 2.05) is 84.9 Å². The van der Waals surface area contributed by atoms with Crippen LogP contribution in [0.15, 0.2) is 176 Å². The third-order valence-corrected chi connectivity index (χ3v) is 10.4. The minimum Gasteiger partial charge on any atom is -0.457 e. The molecule has 0 atom stereocenters. The molecular formula is C48H29N3O. The quantitative estimate of drug-likeness (QED) is 0.188. The highest BCUT2D eigenvalue weighted by Crippen LogP contribution is 2.62. The van der Waals surface area contributed by atoms with Crippen molar-refractivity contribution in [2.75, 3.05) is 0 Å². The molecule has 8 aromatic rings. The zero-order chi connectivity index (χ0) is 34.6. The van der Waals surface area contributed by atoms with Crippen LogP contribution in [-0.2, 0) is 5.41 Å². The highest BCUT2D eigenvalue weighted by molar-refractivity contribution is 5.93. The number of para-hydroxylation sites is 2. The number of nitrogens with zero attached hydrogens (tertiary/aromatic N) is 3. The molecule has 52 heavy (non-hydrogen) atoms. The molecule has 0 unspecified atom stereocenters. The van der Waals surface area contributed by atoms with Gasteiger partial charge in [-0.15, -0.1) is 0 Å². The number of fused-ring (bicyclic) bond motifs is 9. The van der Waals surface area contributed by atoms with Crippen LogP contribution >= 0.6 is 0 Å². The summed E-state index contributed by atoms with van der Waals surface area (Å²) >= 11 is 0. The average Bonchev–Trinajstić information content (AvgIpc) is 3.51. The van der Waals surface area contributed by atoms with Crippen LogP contribution < -0.4 is 4.74 Å². The van der Waals surface area contributed by atoms with E-state index < -0.39 is 5.41 Å². The summed E-state index contributed by atoms with van der Waals surface area (Å²) in [5.41, 5.74) is 13.4. The topological polar surface area (TPSA) is 58.8 Å². The lowest BCUT2D eigenvalue weighted by atomic mass is 9.66. The molecule has 4 nitrogen and oxygen atoms in total. The van der Waals surface area contributed by atoms with Crippen molar-refractivity contribution in [2.45, 2.75) is 5.41 Å². The van der Waals surface area contributed by atoms with E-state index in [2.05, 4.69) is 97.1 Å². The standard InChI is InChI=1S/C48H29N3O/c49-30-36-16-11-19-41-46(36)37-28-35(26-27-38(37)48(41)39-17-7-9-20-44(39)52-45-21-10-8-18-40(45)48)31-22-24-33(25-23-31)43-29-42(32-12-3-1-4-13-32)50-47(51-43)34-14-5-2-6-15-34/h1-29H. The Morgan fingerprint density at radius 1 is 0.442 bits per heavy atom. The predicted molar refractivity (Wildman–Crippen MR) is 206 cm³/mol. The lowest BCUT2D eigenvalue weighted by Crippen LogP contribution is -2.32. The Bertz CT molecular complexity index is 2610. The summed E-state index contributed by atoms with van der Waals surface area (Å²) in [6.45, 7) is 0. The van der Waals surface area contributed by atoms with Crippen molar-refractivity contribution in [1.82, 2.24) is 9.97 Å². The van der Waals surface area contributed by atoms with Gasteiger partial charge in [0.2, 0.25) is 0 Å². The third kappa shape index (κ3) is 4.47. The first-order chi connectivity index (χ1) is 25.7. The van der Waals surface area contributed by atoms with Gasteiger partial charge in [-0.2, -0.15) is 5.26 Å². The van der Waals surface area contributed by atoms with Crippen molar-refractivity contribution in [2.24, 2.45) is 0 Å². The van der Waals surface area contributed by atoms with Gasteiger partial charge in [0.25, 0.3) is 0 Å². The molecule has 1 aromatic heterocycles. The van der Waals surface area contributed by atoms with Gasteiger partial charge in [0.05, 0.1) is 28.4 Å². The first-order valence-corrected chi connectivity index (χ1v) is 17.4. The predicted octanol–water partition coefficient (Wildman–Crippen LogP) is 11.5. The van der Waals surface area contributed by atoms with E-state index >= 15 is 0 Å². The van der Waals surface area contributed by atoms with Crippen molar-refractivity contribution < 1.29 is 4.74 Å². The van der Waals surface area contributed by atoms with Crippen LogP contribution in [0.5, 0.6) is 11.5 Å². The van der Waals surface area contributed by atoms with Crippen LogP contribution in [0.25, 0.3) is 56.2 Å². The number of ether oxygens (including phenoxy) is 1. The lowest BCUT2D eigenvalue weighted by molar-refractivity contribution is 0.436. The highest BCUT2D eigenvalue weighted by atomic mass is 16.5. The first-order valence-electron chi connectivity index (χ1n) is 17.4. The normalized spacial score (nSPS) is 12.9. The van der Waals surface area contributed by atoms with E-state index in [4.69, 9.17) is 14.7 Å². The molecule has 2 heterocycles. The molecule has 242 valence electrons. The second kappa shape index (κ2) is 11.8. The lowest BCUT2D eigenvalue weighted by Gasteiger charge is -2.39. The van der Waals surface area contributed by atoms with Gasteiger partial charge in [0.1, 0.15) is 11.5 Å². The van der Waals surface area contributed by atoms with Crippen LogP contribution in [0.4, 0.5) is 0 Å². The minimum absolute atomic E-state index is 0.620. The Labute approximate surface area is 301 Å². The van der Waals surface area contributed by atoms with E-state index in [0.717, 1.165) is 84.1 Å². The van der Waals surface area contributed by atoms with Crippen molar-refractivity contribution in [1.29, 1.82) is 5.26 Å². The molecule has 0 amide bonds. The second-order valence-corrected chi connectivity index (χ2v) is 13.2. The van der Waals surface area contributed by atoms with E-state index in [1.165, 1.54) is 0 Å². The van der Waals surface area contributed by atoms with Crippen molar-refractivity contribution >= 4 is 0 Å². The second-order valence-electron chi connectivity index (χ2n) is 13.2. The van der Waals surface area contributed by atoms with Crippen molar-refractivity contribution in [3.05, 3.63) is 204 Å². The van der Waals surface area contributed by atoms with Gasteiger partial charge in [-0.25, -0.2) is 9.97 Å². The monoisotopic (exact) mass is 663 g/mol. The van der Waals surface area contributed by atoms with Crippen molar-refractivity contribution in [3.8, 4) is 73.7 Å². The molecule has 7 aromatic carbocycles. The molecule has 0 fully saturated rings. The Morgan fingerprint density at radius 3 is 1.63 bits per heavy atom. The molecule has 1 aliphatic heterocycles. The molecule has 0 N–H and O–H groups in total. The molecule has 1 aliphatic carbocycles. The molecule has 1 spiro atoms. The molecule has 0 saturated heterocycles. The average molecular weight is 664 g/mol. The van der Waals surface area contributed by atoms with Gasteiger partial charge in [0, 0.05) is 33.4 Å². The number of rotatable bonds is 4. The van der Waals surface area contributed by atoms with Gasteiger partial charge in [-0.3, -0.25) is 0 Å². The Kier molecular flexibility index (Phi) is 6.74. The van der Waals surface area contributed by atoms with Gasteiger partial charge in [-0.1, -0.05) is 146 Å². The molecule has 0 saturated carbocycles. The molecule has 10 rings (SSSR count). The SMILES string of the molecule is N#Cc1cccc2c1-c1cc(-c3ccc(-c4cc(-c5ccccc5)nc(-c5ccccc5)n4)cc3)ccc1C21c2ccccc2Oc2ccccc21. The Morgan fingerprint density at radius 2 is 0.981 bits per heavy atom. The number of aromatic nitrogens is 2. The Balaban J connectivity index is 1.11. The summed E-state index contributed by atoms with van der Waals surface area (Å²) in [5, 5.41) is 10.4. The zero-order valence-corrected chi connectivity index (χ0v) is 28.0. The molecule has 0 bridgehead atoms. The number of nitriles is 1. The number of hydrogen-bond acceptors (Lipinski definition) is 4. The summed E-state index contributed by atoms with van der Waals surface area (Å²) in [6.07, 6.45) is 0.